The Balaban J connectivity index is 2.30. The van der Waals surface area contributed by atoms with Crippen LogP contribution in [0.5, 0.6) is 0 Å². The number of benzene rings is 1. The van der Waals surface area contributed by atoms with Crippen LogP contribution in [-0.2, 0) is 6.18 Å². The summed E-state index contributed by atoms with van der Waals surface area (Å²) in [6.07, 6.45) is -2.55. The van der Waals surface area contributed by atoms with E-state index in [1.165, 1.54) is 12.1 Å². The molecule has 0 aromatic heterocycles. The van der Waals surface area contributed by atoms with Crippen LogP contribution in [0.4, 0.5) is 13.2 Å². The zero-order valence-electron chi connectivity index (χ0n) is 10.6. The van der Waals surface area contributed by atoms with Crippen LogP contribution in [0.25, 0.3) is 0 Å². The van der Waals surface area contributed by atoms with E-state index in [2.05, 4.69) is 5.32 Å². The van der Waals surface area contributed by atoms with Crippen molar-refractivity contribution in [3.63, 3.8) is 0 Å². The van der Waals surface area contributed by atoms with Gasteiger partial charge in [-0.15, -0.1) is 0 Å². The molecule has 100 valence electrons. The van der Waals surface area contributed by atoms with Gasteiger partial charge in [0.15, 0.2) is 0 Å². The minimum absolute atomic E-state index is 0.0327. The number of rotatable bonds is 3. The summed E-state index contributed by atoms with van der Waals surface area (Å²) < 4.78 is 38.9. The maximum Gasteiger partial charge on any atom is 0.416 e. The number of nitrogens with one attached hydrogen (secondary N) is 1. The number of hydrogen-bond acceptors (Lipinski definition) is 1. The highest BCUT2D eigenvalue weighted by atomic mass is 19.4. The van der Waals surface area contributed by atoms with Gasteiger partial charge in [0.1, 0.15) is 0 Å². The predicted molar refractivity (Wildman–Crippen MR) is 65.4 cm³/mol. The van der Waals surface area contributed by atoms with E-state index in [0.29, 0.717) is 17.5 Å². The quantitative estimate of drug-likeness (QED) is 0.868. The van der Waals surface area contributed by atoms with Crippen LogP contribution in [0.15, 0.2) is 24.3 Å². The third-order valence-electron chi connectivity index (χ3n) is 4.05. The molecule has 3 unspecified atom stereocenters. The third kappa shape index (κ3) is 2.26. The lowest BCUT2D eigenvalue weighted by molar-refractivity contribution is -0.138. The molecule has 1 aromatic rings. The zero-order chi connectivity index (χ0) is 13.3. The molecule has 0 bridgehead atoms. The molecule has 3 atom stereocenters. The summed E-state index contributed by atoms with van der Waals surface area (Å²) in [6, 6.07) is 6.32. The van der Waals surface area contributed by atoms with Gasteiger partial charge in [-0.3, -0.25) is 0 Å². The second-order valence-electron chi connectivity index (χ2n) is 4.89. The highest BCUT2D eigenvalue weighted by Gasteiger charge is 2.43. The Morgan fingerprint density at radius 2 is 1.94 bits per heavy atom. The average molecular weight is 257 g/mol. The Bertz CT molecular complexity index is 414. The van der Waals surface area contributed by atoms with Crippen molar-refractivity contribution in [3.8, 4) is 0 Å². The lowest BCUT2D eigenvalue weighted by Crippen LogP contribution is -2.47. The first kappa shape index (κ1) is 13.4. The Kier molecular flexibility index (Phi) is 3.66. The van der Waals surface area contributed by atoms with Crippen molar-refractivity contribution in [1.82, 2.24) is 5.32 Å². The first-order valence-electron chi connectivity index (χ1n) is 6.32. The van der Waals surface area contributed by atoms with E-state index in [1.54, 1.807) is 12.1 Å². The van der Waals surface area contributed by atoms with Gasteiger partial charge < -0.3 is 5.32 Å². The number of hydrogen-bond donors (Lipinski definition) is 1. The van der Waals surface area contributed by atoms with Gasteiger partial charge >= 0.3 is 6.18 Å². The van der Waals surface area contributed by atoms with Crippen molar-refractivity contribution in [3.05, 3.63) is 35.4 Å². The summed E-state index contributed by atoms with van der Waals surface area (Å²) in [6.45, 7) is 2.04. The molecular weight excluding hydrogens is 239 g/mol. The van der Waals surface area contributed by atoms with E-state index < -0.39 is 11.7 Å². The molecule has 0 spiro atoms. The van der Waals surface area contributed by atoms with E-state index in [4.69, 9.17) is 0 Å². The molecule has 1 aliphatic rings. The van der Waals surface area contributed by atoms with Crippen LogP contribution in [0.3, 0.4) is 0 Å². The minimum Gasteiger partial charge on any atom is -0.317 e. The molecule has 1 aliphatic carbocycles. The fourth-order valence-electron chi connectivity index (χ4n) is 3.04. The van der Waals surface area contributed by atoms with Gasteiger partial charge in [0.2, 0.25) is 0 Å². The fraction of sp³-hybridized carbons (Fsp3) is 0.571. The molecular formula is C14H18F3N. The van der Waals surface area contributed by atoms with Crippen molar-refractivity contribution in [2.24, 2.45) is 5.92 Å². The Morgan fingerprint density at radius 3 is 2.50 bits per heavy atom. The van der Waals surface area contributed by atoms with Crippen molar-refractivity contribution in [2.75, 3.05) is 7.05 Å². The maximum atomic E-state index is 13.0. The third-order valence-corrected chi connectivity index (χ3v) is 4.05. The van der Waals surface area contributed by atoms with Gasteiger partial charge in [0, 0.05) is 6.04 Å². The molecule has 0 heterocycles. The van der Waals surface area contributed by atoms with Crippen LogP contribution >= 0.6 is 0 Å². The lowest BCUT2D eigenvalue weighted by Gasteiger charge is -2.45. The SMILES string of the molecule is CCC1C(NC)CC1c1ccccc1C(F)(F)F. The van der Waals surface area contributed by atoms with E-state index in [9.17, 15) is 13.2 Å². The van der Waals surface area contributed by atoms with Crippen molar-refractivity contribution in [2.45, 2.75) is 37.9 Å². The number of halogens is 3. The molecule has 1 saturated carbocycles. The molecule has 0 saturated heterocycles. The zero-order valence-corrected chi connectivity index (χ0v) is 10.6. The molecule has 1 aromatic carbocycles. The second-order valence-corrected chi connectivity index (χ2v) is 4.89. The molecule has 0 radical (unpaired) electrons. The molecule has 2 rings (SSSR count). The van der Waals surface area contributed by atoms with Crippen molar-refractivity contribution >= 4 is 0 Å². The molecule has 1 N–H and O–H groups in total. The number of alkyl halides is 3. The molecule has 1 nitrogen and oxygen atoms in total. The maximum absolute atomic E-state index is 13.0. The monoisotopic (exact) mass is 257 g/mol. The Hall–Kier alpha value is -1.03. The van der Waals surface area contributed by atoms with Gasteiger partial charge in [-0.05, 0) is 36.9 Å². The molecule has 4 heteroatoms. The smallest absolute Gasteiger partial charge is 0.317 e. The van der Waals surface area contributed by atoms with Gasteiger partial charge in [0.05, 0.1) is 5.56 Å². The normalized spacial score (nSPS) is 27.9. The van der Waals surface area contributed by atoms with Crippen LogP contribution in [0, 0.1) is 5.92 Å². The summed E-state index contributed by atoms with van der Waals surface area (Å²) in [5, 5.41) is 3.18. The predicted octanol–water partition coefficient (Wildman–Crippen LogP) is 3.81. The van der Waals surface area contributed by atoms with Crippen molar-refractivity contribution < 1.29 is 13.2 Å². The van der Waals surface area contributed by atoms with Gasteiger partial charge in [-0.25, -0.2) is 0 Å². The highest BCUT2D eigenvalue weighted by Crippen LogP contribution is 2.48. The standard InChI is InChI=1S/C14H18F3N/c1-3-9-11(8-13(9)18-2)10-6-4-5-7-12(10)14(15,16)17/h4-7,9,11,13,18H,3,8H2,1-2H3. The van der Waals surface area contributed by atoms with Crippen LogP contribution in [-0.4, -0.2) is 13.1 Å². The van der Waals surface area contributed by atoms with E-state index in [-0.39, 0.29) is 5.92 Å². The van der Waals surface area contributed by atoms with Crippen LogP contribution in [0.2, 0.25) is 0 Å². The largest absolute Gasteiger partial charge is 0.416 e. The van der Waals surface area contributed by atoms with Crippen LogP contribution < -0.4 is 5.32 Å². The summed E-state index contributed by atoms with van der Waals surface area (Å²) in [7, 11) is 1.87. The van der Waals surface area contributed by atoms with Gasteiger partial charge in [-0.1, -0.05) is 31.5 Å². The van der Waals surface area contributed by atoms with Crippen molar-refractivity contribution in [1.29, 1.82) is 0 Å². The van der Waals surface area contributed by atoms with Gasteiger partial charge in [0.25, 0.3) is 0 Å². The molecule has 1 fully saturated rings. The molecule has 0 amide bonds. The summed E-state index contributed by atoms with van der Waals surface area (Å²) >= 11 is 0. The van der Waals surface area contributed by atoms with Crippen LogP contribution in [0.1, 0.15) is 36.8 Å². The molecule has 18 heavy (non-hydrogen) atoms. The van der Waals surface area contributed by atoms with E-state index in [0.717, 1.165) is 12.8 Å². The average Bonchev–Trinajstić information content (AvgIpc) is 2.28. The fourth-order valence-corrected chi connectivity index (χ4v) is 3.04. The first-order chi connectivity index (χ1) is 8.49. The highest BCUT2D eigenvalue weighted by molar-refractivity contribution is 5.35. The summed E-state index contributed by atoms with van der Waals surface area (Å²) in [5.74, 6) is 0.337. The minimum atomic E-state index is -4.25. The Labute approximate surface area is 105 Å². The summed E-state index contributed by atoms with van der Waals surface area (Å²) in [5.41, 5.74) is -0.00801. The lowest BCUT2D eigenvalue weighted by atomic mass is 9.64. The van der Waals surface area contributed by atoms with Gasteiger partial charge in [-0.2, -0.15) is 13.2 Å². The Morgan fingerprint density at radius 1 is 1.28 bits per heavy atom. The topological polar surface area (TPSA) is 12.0 Å². The first-order valence-corrected chi connectivity index (χ1v) is 6.32. The van der Waals surface area contributed by atoms with E-state index in [1.807, 2.05) is 14.0 Å². The van der Waals surface area contributed by atoms with E-state index >= 15 is 0 Å². The summed E-state index contributed by atoms with van der Waals surface area (Å²) in [4.78, 5) is 0. The second kappa shape index (κ2) is 4.92. The molecule has 0 aliphatic heterocycles.